The van der Waals surface area contributed by atoms with Gasteiger partial charge in [-0.15, -0.1) is 0 Å². The molecule has 6 nitrogen and oxygen atoms in total. The normalized spacial score (nSPS) is 16.3. The highest BCUT2D eigenvalue weighted by Crippen LogP contribution is 2.32. The maximum absolute atomic E-state index is 11.5. The van der Waals surface area contributed by atoms with E-state index >= 15 is 0 Å². The lowest BCUT2D eigenvalue weighted by atomic mass is 10.00. The number of methoxy groups -OCH3 is 1. The van der Waals surface area contributed by atoms with Gasteiger partial charge in [0.05, 0.1) is 12.7 Å². The predicted molar refractivity (Wildman–Crippen MR) is 132 cm³/mol. The zero-order valence-electron chi connectivity index (χ0n) is 19.9. The topological polar surface area (TPSA) is 68.2 Å². The van der Waals surface area contributed by atoms with Crippen molar-refractivity contribution in [1.29, 1.82) is 0 Å². The lowest BCUT2D eigenvalue weighted by Crippen LogP contribution is -2.22. The minimum atomic E-state index is -0.914. The number of ether oxygens (including phenoxy) is 3. The molecular formula is C27H35NO5. The molecule has 1 fully saturated rings. The van der Waals surface area contributed by atoms with Gasteiger partial charge in [0.25, 0.3) is 0 Å². The van der Waals surface area contributed by atoms with E-state index in [1.807, 2.05) is 24.3 Å². The fourth-order valence-electron chi connectivity index (χ4n) is 3.88. The Morgan fingerprint density at radius 2 is 1.88 bits per heavy atom. The van der Waals surface area contributed by atoms with Crippen LogP contribution in [0.2, 0.25) is 0 Å². The van der Waals surface area contributed by atoms with Crippen LogP contribution in [0.25, 0.3) is 17.2 Å². The maximum Gasteiger partial charge on any atom is 0.331 e. The number of anilines is 1. The van der Waals surface area contributed by atoms with E-state index in [2.05, 4.69) is 30.0 Å². The summed E-state index contributed by atoms with van der Waals surface area (Å²) in [4.78, 5) is 13.7. The molecule has 1 atom stereocenters. The van der Waals surface area contributed by atoms with Gasteiger partial charge in [-0.05, 0) is 66.8 Å². The van der Waals surface area contributed by atoms with Gasteiger partial charge in [-0.1, -0.05) is 31.5 Å². The third-order valence-electron chi connectivity index (χ3n) is 5.88. The Balaban J connectivity index is 1.75. The molecule has 0 radical (unpaired) electrons. The summed E-state index contributed by atoms with van der Waals surface area (Å²) >= 11 is 0. The van der Waals surface area contributed by atoms with E-state index in [1.165, 1.54) is 0 Å². The summed E-state index contributed by atoms with van der Waals surface area (Å²) < 4.78 is 16.8. The van der Waals surface area contributed by atoms with Crippen LogP contribution in [0.1, 0.15) is 38.7 Å². The van der Waals surface area contributed by atoms with Crippen molar-refractivity contribution in [2.75, 3.05) is 44.9 Å². The molecule has 3 rings (SSSR count). The van der Waals surface area contributed by atoms with E-state index in [9.17, 15) is 9.90 Å². The second-order valence-electron chi connectivity index (χ2n) is 8.34. The Bertz CT molecular complexity index is 938. The molecule has 2 aromatic carbocycles. The summed E-state index contributed by atoms with van der Waals surface area (Å²) in [5, 5.41) is 9.40. The molecule has 1 saturated heterocycles. The summed E-state index contributed by atoms with van der Waals surface area (Å²) in [5.74, 6) is -0.110. The Kier molecular flexibility index (Phi) is 9.34. The van der Waals surface area contributed by atoms with E-state index in [1.54, 1.807) is 20.1 Å². The summed E-state index contributed by atoms with van der Waals surface area (Å²) in [5.41, 5.74) is 4.31. The molecule has 1 aliphatic heterocycles. The first-order chi connectivity index (χ1) is 16.0. The molecule has 0 aromatic heterocycles. The third kappa shape index (κ3) is 7.07. The average molecular weight is 454 g/mol. The number of carbonyl (C=O) groups is 1. The summed E-state index contributed by atoms with van der Waals surface area (Å²) in [7, 11) is 1.74. The van der Waals surface area contributed by atoms with Crippen molar-refractivity contribution in [1.82, 2.24) is 0 Å². The number of benzene rings is 2. The fraction of sp³-hybridized carbons (Fsp3) is 0.444. The Hall–Kier alpha value is -2.83. The number of rotatable bonds is 12. The number of carboxylic acids is 1. The number of hydrogen-bond donors (Lipinski definition) is 1. The molecule has 6 heteroatoms. The summed E-state index contributed by atoms with van der Waals surface area (Å²) in [6.45, 7) is 7.34. The zero-order chi connectivity index (χ0) is 23.6. The van der Waals surface area contributed by atoms with Crippen molar-refractivity contribution in [3.63, 3.8) is 0 Å². The lowest BCUT2D eigenvalue weighted by molar-refractivity contribution is -0.132. The predicted octanol–water partition coefficient (Wildman–Crippen LogP) is 5.26. The van der Waals surface area contributed by atoms with Crippen LogP contribution in [-0.2, 0) is 14.3 Å². The second-order valence-corrected chi connectivity index (χ2v) is 8.34. The minimum absolute atomic E-state index is 0.201. The van der Waals surface area contributed by atoms with E-state index in [0.717, 1.165) is 67.1 Å². The smallest absolute Gasteiger partial charge is 0.331 e. The number of nitrogens with zero attached hydrogens (tertiary/aromatic N) is 1. The van der Waals surface area contributed by atoms with Crippen LogP contribution in [0.3, 0.4) is 0 Å². The van der Waals surface area contributed by atoms with Gasteiger partial charge in [0.2, 0.25) is 0 Å². The number of hydrogen-bond acceptors (Lipinski definition) is 5. The molecule has 0 saturated carbocycles. The summed E-state index contributed by atoms with van der Waals surface area (Å²) in [6, 6.07) is 14.2. The van der Waals surface area contributed by atoms with Gasteiger partial charge in [0, 0.05) is 38.1 Å². The first-order valence-electron chi connectivity index (χ1n) is 11.7. The molecule has 1 aliphatic rings. The summed E-state index contributed by atoms with van der Waals surface area (Å²) in [6.07, 6.45) is 5.11. The molecule has 2 aromatic rings. The molecular weight excluding hydrogens is 418 g/mol. The van der Waals surface area contributed by atoms with Crippen LogP contribution in [-0.4, -0.2) is 57.2 Å². The minimum Gasteiger partial charge on any atom is -0.491 e. The number of carboxylic acid groups (broad SMARTS) is 1. The van der Waals surface area contributed by atoms with Crippen LogP contribution in [0.15, 0.2) is 48.0 Å². The molecule has 0 amide bonds. The molecule has 0 spiro atoms. The first kappa shape index (κ1) is 24.8. The molecule has 0 bridgehead atoms. The Morgan fingerprint density at radius 3 is 2.55 bits per heavy atom. The molecule has 1 unspecified atom stereocenters. The fourth-order valence-corrected chi connectivity index (χ4v) is 3.88. The molecule has 33 heavy (non-hydrogen) atoms. The Morgan fingerprint density at radius 1 is 1.12 bits per heavy atom. The van der Waals surface area contributed by atoms with Crippen molar-refractivity contribution in [3.8, 4) is 16.9 Å². The van der Waals surface area contributed by atoms with Crippen molar-refractivity contribution in [2.45, 2.75) is 39.2 Å². The van der Waals surface area contributed by atoms with Gasteiger partial charge >= 0.3 is 5.97 Å². The first-order valence-corrected chi connectivity index (χ1v) is 11.7. The second kappa shape index (κ2) is 12.4. The van der Waals surface area contributed by atoms with Crippen molar-refractivity contribution in [2.24, 2.45) is 0 Å². The SMILES string of the molecule is CCCCOCCOc1ccc(-c2ccc(N3CCC(OC)C3)c(/C=C(\C)C(=O)O)c2)cc1. The number of aliphatic carboxylic acids is 1. The molecule has 1 N–H and O–H groups in total. The van der Waals surface area contributed by atoms with Crippen molar-refractivity contribution >= 4 is 17.7 Å². The van der Waals surface area contributed by atoms with Crippen LogP contribution in [0.5, 0.6) is 5.75 Å². The zero-order valence-corrected chi connectivity index (χ0v) is 19.9. The van der Waals surface area contributed by atoms with Crippen LogP contribution < -0.4 is 9.64 Å². The monoisotopic (exact) mass is 453 g/mol. The van der Waals surface area contributed by atoms with Gasteiger partial charge in [0.15, 0.2) is 0 Å². The third-order valence-corrected chi connectivity index (χ3v) is 5.88. The van der Waals surface area contributed by atoms with E-state index in [-0.39, 0.29) is 6.10 Å². The van der Waals surface area contributed by atoms with Gasteiger partial charge < -0.3 is 24.2 Å². The Labute approximate surface area is 196 Å². The maximum atomic E-state index is 11.5. The van der Waals surface area contributed by atoms with Crippen LogP contribution in [0.4, 0.5) is 5.69 Å². The van der Waals surface area contributed by atoms with Crippen molar-refractivity contribution in [3.05, 3.63) is 53.6 Å². The van der Waals surface area contributed by atoms with Gasteiger partial charge in [0.1, 0.15) is 12.4 Å². The van der Waals surface area contributed by atoms with Crippen LogP contribution >= 0.6 is 0 Å². The van der Waals surface area contributed by atoms with E-state index in [4.69, 9.17) is 14.2 Å². The van der Waals surface area contributed by atoms with Crippen molar-refractivity contribution < 1.29 is 24.1 Å². The largest absolute Gasteiger partial charge is 0.491 e. The van der Waals surface area contributed by atoms with E-state index in [0.29, 0.717) is 18.8 Å². The van der Waals surface area contributed by atoms with E-state index < -0.39 is 5.97 Å². The average Bonchev–Trinajstić information content (AvgIpc) is 3.31. The number of unbranched alkanes of at least 4 members (excludes halogenated alkanes) is 1. The highest BCUT2D eigenvalue weighted by Gasteiger charge is 2.24. The molecule has 0 aliphatic carbocycles. The van der Waals surface area contributed by atoms with Gasteiger partial charge in [-0.2, -0.15) is 0 Å². The van der Waals surface area contributed by atoms with Gasteiger partial charge in [-0.25, -0.2) is 4.79 Å². The lowest BCUT2D eigenvalue weighted by Gasteiger charge is -2.22. The quantitative estimate of drug-likeness (QED) is 0.349. The highest BCUT2D eigenvalue weighted by molar-refractivity contribution is 5.93. The molecule has 178 valence electrons. The van der Waals surface area contributed by atoms with Gasteiger partial charge in [-0.3, -0.25) is 0 Å². The standard InChI is InChI=1S/C27H35NO5/c1-4-5-14-32-15-16-33-24-9-6-21(7-10-24)22-8-11-26(28-13-12-25(19-28)31-3)23(18-22)17-20(2)27(29)30/h6-11,17-18,25H,4-5,12-16,19H2,1-3H3,(H,29,30)/b20-17+. The van der Waals surface area contributed by atoms with Crippen LogP contribution in [0, 0.1) is 0 Å². The highest BCUT2D eigenvalue weighted by atomic mass is 16.5. The molecule has 1 heterocycles.